The Balaban J connectivity index is 2.22. The van der Waals surface area contributed by atoms with Gasteiger partial charge in [0.2, 0.25) is 10.0 Å². The number of carboxylic acid groups (broad SMARTS) is 1. The lowest BCUT2D eigenvalue weighted by Gasteiger charge is -2.27. The molecule has 1 aliphatic rings. The molecule has 1 saturated carbocycles. The summed E-state index contributed by atoms with van der Waals surface area (Å²) in [5.41, 5.74) is -1.01. The van der Waals surface area contributed by atoms with Gasteiger partial charge in [0.05, 0.1) is 5.41 Å². The average molecular weight is 289 g/mol. The fraction of sp³-hybridized carbons (Fsp3) is 0.545. The third-order valence-corrected chi connectivity index (χ3v) is 6.37. The molecule has 18 heavy (non-hydrogen) atoms. The van der Waals surface area contributed by atoms with E-state index in [1.807, 2.05) is 0 Å². The van der Waals surface area contributed by atoms with E-state index in [1.165, 1.54) is 6.07 Å². The van der Waals surface area contributed by atoms with Crippen molar-refractivity contribution in [2.24, 2.45) is 5.41 Å². The Morgan fingerprint density at radius 2 is 2.33 bits per heavy atom. The van der Waals surface area contributed by atoms with E-state index in [0.29, 0.717) is 12.8 Å². The highest BCUT2D eigenvalue weighted by Crippen LogP contribution is 2.39. The summed E-state index contributed by atoms with van der Waals surface area (Å²) in [5.74, 6) is -0.945. The first-order valence-corrected chi connectivity index (χ1v) is 8.02. The Labute approximate surface area is 110 Å². The van der Waals surface area contributed by atoms with Gasteiger partial charge in [-0.2, -0.15) is 0 Å². The number of hydrogen-bond acceptors (Lipinski definition) is 4. The monoisotopic (exact) mass is 289 g/mol. The lowest BCUT2D eigenvalue weighted by Crippen LogP contribution is -2.46. The summed E-state index contributed by atoms with van der Waals surface area (Å²) in [6, 6.07) is 2.63. The first kappa shape index (κ1) is 13.5. The zero-order valence-corrected chi connectivity index (χ0v) is 11.6. The molecule has 1 fully saturated rings. The molecule has 2 N–H and O–H groups in total. The molecule has 1 aromatic heterocycles. The van der Waals surface area contributed by atoms with E-state index in [-0.39, 0.29) is 4.21 Å². The van der Waals surface area contributed by atoms with Gasteiger partial charge in [-0.15, -0.1) is 11.3 Å². The topological polar surface area (TPSA) is 83.5 Å². The highest BCUT2D eigenvalue weighted by atomic mass is 32.2. The molecular formula is C11H15NO4S2. The largest absolute Gasteiger partial charge is 0.481 e. The highest BCUT2D eigenvalue weighted by Gasteiger charge is 2.46. The molecule has 7 heteroatoms. The van der Waals surface area contributed by atoms with Crippen LogP contribution in [0.15, 0.2) is 21.7 Å². The SMILES string of the molecule is CC1(C(=O)O)CCCC1NS(=O)(=O)c1cccs1. The molecule has 1 heterocycles. The van der Waals surface area contributed by atoms with E-state index in [1.54, 1.807) is 18.4 Å². The maximum atomic E-state index is 12.1. The molecule has 5 nitrogen and oxygen atoms in total. The van der Waals surface area contributed by atoms with Gasteiger partial charge in [0.25, 0.3) is 0 Å². The van der Waals surface area contributed by atoms with Crippen molar-refractivity contribution in [2.45, 2.75) is 36.4 Å². The van der Waals surface area contributed by atoms with Crippen molar-refractivity contribution in [1.29, 1.82) is 0 Å². The van der Waals surface area contributed by atoms with E-state index in [0.717, 1.165) is 17.8 Å². The van der Waals surface area contributed by atoms with Crippen molar-refractivity contribution < 1.29 is 18.3 Å². The summed E-state index contributed by atoms with van der Waals surface area (Å²) in [6.45, 7) is 1.60. The van der Waals surface area contributed by atoms with Gasteiger partial charge in [-0.1, -0.05) is 12.5 Å². The Morgan fingerprint density at radius 3 is 2.89 bits per heavy atom. The zero-order chi connectivity index (χ0) is 13.4. The van der Waals surface area contributed by atoms with Crippen molar-refractivity contribution in [3.8, 4) is 0 Å². The van der Waals surface area contributed by atoms with Gasteiger partial charge in [-0.25, -0.2) is 13.1 Å². The Bertz CT molecular complexity index is 537. The van der Waals surface area contributed by atoms with Crippen molar-refractivity contribution in [3.63, 3.8) is 0 Å². The maximum Gasteiger partial charge on any atom is 0.310 e. The van der Waals surface area contributed by atoms with Crippen LogP contribution in [0.1, 0.15) is 26.2 Å². The molecule has 0 radical (unpaired) electrons. The molecule has 2 rings (SSSR count). The standard InChI is InChI=1S/C11H15NO4S2/c1-11(10(13)14)6-2-4-8(11)12-18(15,16)9-5-3-7-17-9/h3,5,7-8,12H,2,4,6H2,1H3,(H,13,14). The smallest absolute Gasteiger partial charge is 0.310 e. The summed E-state index contributed by atoms with van der Waals surface area (Å²) in [6.07, 6.45) is 1.79. The van der Waals surface area contributed by atoms with Gasteiger partial charge >= 0.3 is 5.97 Å². The second-order valence-electron chi connectivity index (χ2n) is 4.72. The lowest BCUT2D eigenvalue weighted by molar-refractivity contribution is -0.148. The normalized spacial score (nSPS) is 28.4. The lowest BCUT2D eigenvalue weighted by atomic mass is 9.85. The first-order valence-electron chi connectivity index (χ1n) is 5.65. The minimum atomic E-state index is -3.60. The van der Waals surface area contributed by atoms with E-state index in [4.69, 9.17) is 0 Å². The van der Waals surface area contributed by atoms with Crippen LogP contribution in [0.25, 0.3) is 0 Å². The highest BCUT2D eigenvalue weighted by molar-refractivity contribution is 7.91. The van der Waals surface area contributed by atoms with Crippen LogP contribution in [0.4, 0.5) is 0 Å². The van der Waals surface area contributed by atoms with Crippen molar-refractivity contribution in [2.75, 3.05) is 0 Å². The fourth-order valence-electron chi connectivity index (χ4n) is 2.27. The minimum Gasteiger partial charge on any atom is -0.481 e. The van der Waals surface area contributed by atoms with E-state index in [9.17, 15) is 18.3 Å². The number of aliphatic carboxylic acids is 1. The number of hydrogen-bond donors (Lipinski definition) is 2. The van der Waals surface area contributed by atoms with Crippen LogP contribution in [-0.2, 0) is 14.8 Å². The number of rotatable bonds is 4. The molecule has 100 valence electrons. The van der Waals surface area contributed by atoms with Gasteiger partial charge in [0.1, 0.15) is 4.21 Å². The van der Waals surface area contributed by atoms with Crippen molar-refractivity contribution >= 4 is 27.3 Å². The Morgan fingerprint density at radius 1 is 1.61 bits per heavy atom. The van der Waals surface area contributed by atoms with Crippen LogP contribution in [0.3, 0.4) is 0 Å². The number of sulfonamides is 1. The molecule has 0 amide bonds. The predicted molar refractivity (Wildman–Crippen MR) is 68.0 cm³/mol. The van der Waals surface area contributed by atoms with Gasteiger partial charge in [-0.3, -0.25) is 4.79 Å². The Hall–Kier alpha value is -0.920. The molecule has 0 bridgehead atoms. The van der Waals surface area contributed by atoms with Crippen LogP contribution >= 0.6 is 11.3 Å². The second kappa shape index (κ2) is 4.64. The maximum absolute atomic E-state index is 12.1. The van der Waals surface area contributed by atoms with Gasteiger partial charge in [-0.05, 0) is 31.2 Å². The fourth-order valence-corrected chi connectivity index (χ4v) is 4.67. The molecular weight excluding hydrogens is 274 g/mol. The molecule has 0 spiro atoms. The zero-order valence-electron chi connectivity index (χ0n) is 9.92. The first-order chi connectivity index (χ1) is 8.36. The van der Waals surface area contributed by atoms with Crippen molar-refractivity contribution in [1.82, 2.24) is 4.72 Å². The minimum absolute atomic E-state index is 0.224. The van der Waals surface area contributed by atoms with E-state index < -0.39 is 27.4 Å². The molecule has 2 atom stereocenters. The molecule has 0 aliphatic heterocycles. The molecule has 2 unspecified atom stereocenters. The van der Waals surface area contributed by atoms with Crippen LogP contribution in [0.2, 0.25) is 0 Å². The van der Waals surface area contributed by atoms with Crippen LogP contribution in [0, 0.1) is 5.41 Å². The van der Waals surface area contributed by atoms with Gasteiger partial charge in [0, 0.05) is 6.04 Å². The molecule has 1 aromatic rings. The summed E-state index contributed by atoms with van der Waals surface area (Å²) in [7, 11) is -3.60. The summed E-state index contributed by atoms with van der Waals surface area (Å²) >= 11 is 1.12. The van der Waals surface area contributed by atoms with E-state index in [2.05, 4.69) is 4.72 Å². The Kier molecular flexibility index (Phi) is 3.48. The average Bonchev–Trinajstić information content (AvgIpc) is 2.89. The van der Waals surface area contributed by atoms with Gasteiger partial charge in [0.15, 0.2) is 0 Å². The number of carboxylic acids is 1. The van der Waals surface area contributed by atoms with Gasteiger partial charge < -0.3 is 5.11 Å². The van der Waals surface area contributed by atoms with Crippen LogP contribution < -0.4 is 4.72 Å². The molecule has 0 aromatic carbocycles. The quantitative estimate of drug-likeness (QED) is 0.883. The van der Waals surface area contributed by atoms with E-state index >= 15 is 0 Å². The number of thiophene rings is 1. The number of nitrogens with one attached hydrogen (secondary N) is 1. The van der Waals surface area contributed by atoms with Crippen LogP contribution in [0.5, 0.6) is 0 Å². The second-order valence-corrected chi connectivity index (χ2v) is 7.61. The van der Waals surface area contributed by atoms with Crippen molar-refractivity contribution in [3.05, 3.63) is 17.5 Å². The third kappa shape index (κ3) is 2.30. The third-order valence-electron chi connectivity index (χ3n) is 3.50. The molecule has 1 aliphatic carbocycles. The summed E-state index contributed by atoms with van der Waals surface area (Å²) < 4.78 is 26.9. The summed E-state index contributed by atoms with van der Waals surface area (Å²) in [4.78, 5) is 11.3. The van der Waals surface area contributed by atoms with Crippen LogP contribution in [-0.4, -0.2) is 25.5 Å². The number of carbonyl (C=O) groups is 1. The predicted octanol–water partition coefficient (Wildman–Crippen LogP) is 1.67. The molecule has 0 saturated heterocycles. The summed E-state index contributed by atoms with van der Waals surface area (Å²) in [5, 5.41) is 10.9.